The van der Waals surface area contributed by atoms with E-state index in [1.165, 1.54) is 27.8 Å². The highest BCUT2D eigenvalue weighted by Crippen LogP contribution is 2.45. The molecule has 2 bridgehead atoms. The minimum Gasteiger partial charge on any atom is -0.448 e. The summed E-state index contributed by atoms with van der Waals surface area (Å²) in [5, 5.41) is 0. The Hall–Kier alpha value is -2.63. The fraction of sp³-hybridized carbons (Fsp3) is 0.444. The summed E-state index contributed by atoms with van der Waals surface area (Å²) < 4.78 is 17.3. The van der Waals surface area contributed by atoms with Gasteiger partial charge in [-0.3, -0.25) is 4.90 Å². The molecule has 0 spiro atoms. The SMILES string of the molecule is O=C(OCC1c2ccccc2-c2ccccc21)N1C2C=C(CC3OCCO3)CC1CCC2. The molecule has 6 rings (SSSR count). The highest BCUT2D eigenvalue weighted by Gasteiger charge is 2.39. The number of carbonyl (C=O) groups is 1. The van der Waals surface area contributed by atoms with Crippen LogP contribution in [0.15, 0.2) is 60.2 Å². The van der Waals surface area contributed by atoms with Crippen molar-refractivity contribution in [3.63, 3.8) is 0 Å². The summed E-state index contributed by atoms with van der Waals surface area (Å²) in [7, 11) is 0. The second kappa shape index (κ2) is 8.38. The van der Waals surface area contributed by atoms with Crippen LogP contribution in [0, 0.1) is 0 Å². The molecule has 5 nitrogen and oxygen atoms in total. The number of nitrogens with zero attached hydrogens (tertiary/aromatic N) is 1. The van der Waals surface area contributed by atoms with Gasteiger partial charge in [0.2, 0.25) is 0 Å². The molecule has 0 radical (unpaired) electrons. The Balaban J connectivity index is 1.17. The third-order valence-corrected chi connectivity index (χ3v) is 7.38. The number of amides is 1. The van der Waals surface area contributed by atoms with Crippen LogP contribution in [0.5, 0.6) is 0 Å². The molecule has 5 heteroatoms. The topological polar surface area (TPSA) is 48.0 Å². The molecule has 2 atom stereocenters. The Morgan fingerprint density at radius 3 is 2.34 bits per heavy atom. The normalized spacial score (nSPS) is 24.8. The zero-order valence-electron chi connectivity index (χ0n) is 18.2. The maximum Gasteiger partial charge on any atom is 0.410 e. The van der Waals surface area contributed by atoms with Gasteiger partial charge in [0.05, 0.1) is 19.3 Å². The van der Waals surface area contributed by atoms with Crippen molar-refractivity contribution in [1.82, 2.24) is 4.90 Å². The zero-order valence-corrected chi connectivity index (χ0v) is 18.2. The summed E-state index contributed by atoms with van der Waals surface area (Å²) in [5.41, 5.74) is 6.36. The van der Waals surface area contributed by atoms with E-state index >= 15 is 0 Å². The largest absolute Gasteiger partial charge is 0.448 e. The molecule has 2 saturated heterocycles. The van der Waals surface area contributed by atoms with Crippen molar-refractivity contribution in [3.05, 3.63) is 71.3 Å². The number of rotatable bonds is 4. The number of piperidine rings is 1. The van der Waals surface area contributed by atoms with Crippen LogP contribution in [0.3, 0.4) is 0 Å². The Labute approximate surface area is 189 Å². The first-order valence-corrected chi connectivity index (χ1v) is 11.8. The molecule has 1 aliphatic carbocycles. The summed E-state index contributed by atoms with van der Waals surface area (Å²) >= 11 is 0. The lowest BCUT2D eigenvalue weighted by atomic mass is 9.84. The first-order chi connectivity index (χ1) is 15.8. The molecule has 2 aromatic carbocycles. The number of hydrogen-bond donors (Lipinski definition) is 0. The van der Waals surface area contributed by atoms with E-state index in [4.69, 9.17) is 14.2 Å². The molecule has 2 fully saturated rings. The van der Waals surface area contributed by atoms with E-state index in [0.29, 0.717) is 19.8 Å². The number of hydrogen-bond acceptors (Lipinski definition) is 4. The average Bonchev–Trinajstić information content (AvgIpc) is 3.43. The third kappa shape index (κ3) is 3.54. The minimum absolute atomic E-state index is 0.0961. The second-order valence-electron chi connectivity index (χ2n) is 9.27. The van der Waals surface area contributed by atoms with Crippen molar-refractivity contribution >= 4 is 6.09 Å². The fourth-order valence-corrected chi connectivity index (χ4v) is 5.96. The maximum atomic E-state index is 13.3. The number of benzene rings is 2. The van der Waals surface area contributed by atoms with Crippen LogP contribution < -0.4 is 0 Å². The molecular formula is C27H29NO4. The molecule has 1 amide bonds. The lowest BCUT2D eigenvalue weighted by Gasteiger charge is -2.44. The lowest BCUT2D eigenvalue weighted by molar-refractivity contribution is -0.0419. The van der Waals surface area contributed by atoms with Crippen molar-refractivity contribution in [2.24, 2.45) is 0 Å². The van der Waals surface area contributed by atoms with Gasteiger partial charge < -0.3 is 14.2 Å². The van der Waals surface area contributed by atoms with Gasteiger partial charge in [0.1, 0.15) is 6.61 Å². The van der Waals surface area contributed by atoms with Crippen LogP contribution >= 0.6 is 0 Å². The summed E-state index contributed by atoms with van der Waals surface area (Å²) in [6.07, 6.45) is 6.86. The molecule has 32 heavy (non-hydrogen) atoms. The van der Waals surface area contributed by atoms with E-state index in [-0.39, 0.29) is 30.4 Å². The fourth-order valence-electron chi connectivity index (χ4n) is 5.96. The Kier molecular flexibility index (Phi) is 5.24. The predicted molar refractivity (Wildman–Crippen MR) is 121 cm³/mol. The van der Waals surface area contributed by atoms with Gasteiger partial charge >= 0.3 is 6.09 Å². The molecule has 3 heterocycles. The highest BCUT2D eigenvalue weighted by molar-refractivity contribution is 5.79. The summed E-state index contributed by atoms with van der Waals surface area (Å²) in [4.78, 5) is 15.3. The molecular weight excluding hydrogens is 402 g/mol. The van der Waals surface area contributed by atoms with Crippen LogP contribution in [-0.4, -0.2) is 49.2 Å². The van der Waals surface area contributed by atoms with Gasteiger partial charge in [-0.1, -0.05) is 60.2 Å². The molecule has 0 aromatic heterocycles. The lowest BCUT2D eigenvalue weighted by Crippen LogP contribution is -2.52. The van der Waals surface area contributed by atoms with Crippen LogP contribution in [0.25, 0.3) is 11.1 Å². The molecule has 0 N–H and O–H groups in total. The highest BCUT2D eigenvalue weighted by atomic mass is 16.7. The smallest absolute Gasteiger partial charge is 0.410 e. The zero-order chi connectivity index (χ0) is 21.5. The number of fused-ring (bicyclic) bond motifs is 5. The minimum atomic E-state index is -0.176. The van der Waals surface area contributed by atoms with E-state index in [1.54, 1.807) is 0 Å². The summed E-state index contributed by atoms with van der Waals surface area (Å²) in [5.74, 6) is 0.0961. The quantitative estimate of drug-likeness (QED) is 0.620. The van der Waals surface area contributed by atoms with Gasteiger partial charge in [-0.05, 0) is 47.9 Å². The molecule has 2 aromatic rings. The van der Waals surface area contributed by atoms with Gasteiger partial charge in [-0.25, -0.2) is 4.79 Å². The standard InChI is InChI=1S/C27H29NO4/c29-27(28-19-6-5-7-20(28)15-18(14-19)16-26-30-12-13-31-26)32-17-25-23-10-3-1-8-21(23)22-9-2-4-11-24(22)25/h1-4,8-11,14,19-20,25-26H,5-7,12-13,15-17H2. The van der Waals surface area contributed by atoms with Crippen LogP contribution in [0.1, 0.15) is 49.1 Å². The second-order valence-corrected chi connectivity index (χ2v) is 9.27. The van der Waals surface area contributed by atoms with Crippen molar-refractivity contribution in [1.29, 1.82) is 0 Å². The third-order valence-electron chi connectivity index (χ3n) is 7.38. The van der Waals surface area contributed by atoms with E-state index in [0.717, 1.165) is 32.1 Å². The predicted octanol–water partition coefficient (Wildman–Crippen LogP) is 5.25. The van der Waals surface area contributed by atoms with E-state index in [2.05, 4.69) is 54.6 Å². The molecule has 3 aliphatic heterocycles. The Morgan fingerprint density at radius 1 is 0.969 bits per heavy atom. The van der Waals surface area contributed by atoms with Crippen molar-refractivity contribution in [2.75, 3.05) is 19.8 Å². The van der Waals surface area contributed by atoms with E-state index < -0.39 is 0 Å². The van der Waals surface area contributed by atoms with Crippen LogP contribution in [0.4, 0.5) is 4.79 Å². The number of ether oxygens (including phenoxy) is 3. The molecule has 166 valence electrons. The molecule has 2 unspecified atom stereocenters. The first kappa shape index (κ1) is 20.0. The van der Waals surface area contributed by atoms with Gasteiger partial charge in [0.15, 0.2) is 6.29 Å². The van der Waals surface area contributed by atoms with Gasteiger partial charge in [-0.15, -0.1) is 0 Å². The van der Waals surface area contributed by atoms with Gasteiger partial charge in [-0.2, -0.15) is 0 Å². The Morgan fingerprint density at radius 2 is 1.66 bits per heavy atom. The average molecular weight is 432 g/mol. The van der Waals surface area contributed by atoms with Crippen LogP contribution in [-0.2, 0) is 14.2 Å². The molecule has 4 aliphatic rings. The monoisotopic (exact) mass is 431 g/mol. The maximum absolute atomic E-state index is 13.3. The summed E-state index contributed by atoms with van der Waals surface area (Å²) in [6.45, 7) is 1.73. The van der Waals surface area contributed by atoms with Crippen molar-refractivity contribution in [3.8, 4) is 11.1 Å². The van der Waals surface area contributed by atoms with Crippen LogP contribution in [0.2, 0.25) is 0 Å². The number of carbonyl (C=O) groups excluding carboxylic acids is 1. The summed E-state index contributed by atoms with van der Waals surface area (Å²) in [6, 6.07) is 17.3. The van der Waals surface area contributed by atoms with Crippen molar-refractivity contribution < 1.29 is 19.0 Å². The van der Waals surface area contributed by atoms with E-state index in [1.807, 2.05) is 4.90 Å². The first-order valence-electron chi connectivity index (χ1n) is 11.8. The van der Waals surface area contributed by atoms with Gasteiger partial charge in [0, 0.05) is 18.4 Å². The van der Waals surface area contributed by atoms with E-state index in [9.17, 15) is 4.79 Å². The van der Waals surface area contributed by atoms with Crippen molar-refractivity contribution in [2.45, 2.75) is 56.4 Å². The Bertz CT molecular complexity index is 996. The van der Waals surface area contributed by atoms with Gasteiger partial charge in [0.25, 0.3) is 0 Å². The molecule has 0 saturated carbocycles.